The molecule has 2 atom stereocenters. The summed E-state index contributed by atoms with van der Waals surface area (Å²) in [6.07, 6.45) is 13.2. The van der Waals surface area contributed by atoms with Crippen molar-refractivity contribution in [3.05, 3.63) is 53.3 Å². The Labute approximate surface area is 180 Å². The molecule has 4 heterocycles. The zero-order chi connectivity index (χ0) is 21.3. The van der Waals surface area contributed by atoms with Gasteiger partial charge < -0.3 is 19.8 Å². The fourth-order valence-electron chi connectivity index (χ4n) is 4.56. The highest BCUT2D eigenvalue weighted by Gasteiger charge is 2.27. The van der Waals surface area contributed by atoms with Crippen molar-refractivity contribution >= 4 is 34.1 Å². The fraction of sp³-hybridized carbons (Fsp3) is 0.409. The molecule has 0 radical (unpaired) electrons. The van der Waals surface area contributed by atoms with Crippen LogP contribution in [-0.4, -0.2) is 36.1 Å². The lowest BCUT2D eigenvalue weighted by Crippen LogP contribution is -2.06. The molecule has 30 heavy (non-hydrogen) atoms. The fourth-order valence-corrected chi connectivity index (χ4v) is 4.81. The molecule has 5 rings (SSSR count). The number of anilines is 1. The molecule has 3 N–H and O–H groups in total. The normalized spacial score (nSPS) is 18.7. The molecule has 1 aliphatic carbocycles. The van der Waals surface area contributed by atoms with Gasteiger partial charge >= 0.3 is 0 Å². The second-order valence-corrected chi connectivity index (χ2v) is 8.27. The summed E-state index contributed by atoms with van der Waals surface area (Å²) in [6, 6.07) is 4.63. The number of halogens is 1. The van der Waals surface area contributed by atoms with Crippen LogP contribution >= 0.6 is 11.6 Å². The quantitative estimate of drug-likeness (QED) is 0.509. The maximum absolute atomic E-state index is 7.00. The molecule has 158 valence electrons. The third-order valence-electron chi connectivity index (χ3n) is 6.13. The molecule has 0 saturated heterocycles. The Bertz CT molecular complexity index is 1170. The van der Waals surface area contributed by atoms with Gasteiger partial charge in [-0.2, -0.15) is 0 Å². The Morgan fingerprint density at radius 3 is 2.90 bits per heavy atom. The van der Waals surface area contributed by atoms with Crippen molar-refractivity contribution in [1.29, 1.82) is 0 Å². The van der Waals surface area contributed by atoms with Gasteiger partial charge in [-0.15, -0.1) is 0 Å². The summed E-state index contributed by atoms with van der Waals surface area (Å²) in [5.74, 6) is 1.24. The Kier molecular flexibility index (Phi) is 5.92. The van der Waals surface area contributed by atoms with Crippen molar-refractivity contribution < 1.29 is 5.11 Å². The second-order valence-electron chi connectivity index (χ2n) is 7.87. The lowest BCUT2D eigenvalue weighted by Gasteiger charge is -2.15. The number of hydrogen-bond acceptors (Lipinski definition) is 5. The molecular weight excluding hydrogens is 400 g/mol. The van der Waals surface area contributed by atoms with E-state index in [4.69, 9.17) is 22.4 Å². The van der Waals surface area contributed by atoms with Crippen LogP contribution in [0.1, 0.15) is 43.0 Å². The standard InChI is InChI=1S/C21H23ClN6.CH4O/c1-13-10-24-19-9-15(18(22)11-28(13)19)4-2-14-3-5-16(8-14)27-7-6-17-20(23)25-12-26-21(17)27;1-2/h6-7,9-12,14,16H,2-5,8H2,1H3,(H2,23,25,26);2H,1H3. The molecule has 0 aliphatic heterocycles. The summed E-state index contributed by atoms with van der Waals surface area (Å²) in [4.78, 5) is 13.0. The molecule has 0 amide bonds. The third-order valence-corrected chi connectivity index (χ3v) is 6.47. The lowest BCUT2D eigenvalue weighted by molar-refractivity contribution is 0.399. The number of aromatic nitrogens is 5. The molecule has 4 aromatic rings. The SMILES string of the molecule is CO.Cc1cnc2cc(CCC3CCC(n4ccc5c(N)ncnc54)C3)c(Cl)cn12. The van der Waals surface area contributed by atoms with E-state index in [-0.39, 0.29) is 0 Å². The number of hydrogen-bond donors (Lipinski definition) is 2. The van der Waals surface area contributed by atoms with E-state index in [0.717, 1.165) is 53.8 Å². The van der Waals surface area contributed by atoms with Gasteiger partial charge in [-0.05, 0) is 62.6 Å². The third kappa shape index (κ3) is 3.75. The molecule has 0 spiro atoms. The van der Waals surface area contributed by atoms with Crippen molar-refractivity contribution in [2.24, 2.45) is 5.92 Å². The van der Waals surface area contributed by atoms with Gasteiger partial charge in [-0.3, -0.25) is 0 Å². The average molecular weight is 427 g/mol. The van der Waals surface area contributed by atoms with Crippen molar-refractivity contribution in [2.75, 3.05) is 12.8 Å². The average Bonchev–Trinajstić information content (AvgIpc) is 3.47. The number of fused-ring (bicyclic) bond motifs is 2. The molecule has 4 aromatic heterocycles. The minimum absolute atomic E-state index is 0.477. The first-order valence-corrected chi connectivity index (χ1v) is 10.6. The number of aliphatic hydroxyl groups is 1. The zero-order valence-corrected chi connectivity index (χ0v) is 18.0. The van der Waals surface area contributed by atoms with Crippen LogP contribution in [0.3, 0.4) is 0 Å². The van der Waals surface area contributed by atoms with E-state index in [9.17, 15) is 0 Å². The summed E-state index contributed by atoms with van der Waals surface area (Å²) in [7, 11) is 1.00. The molecule has 7 nitrogen and oxygen atoms in total. The number of nitrogens with two attached hydrogens (primary N) is 1. The molecule has 1 aliphatic rings. The van der Waals surface area contributed by atoms with Crippen LogP contribution in [0.15, 0.2) is 37.1 Å². The largest absolute Gasteiger partial charge is 0.400 e. The second kappa shape index (κ2) is 8.62. The van der Waals surface area contributed by atoms with E-state index < -0.39 is 0 Å². The smallest absolute Gasteiger partial charge is 0.145 e. The minimum atomic E-state index is 0.477. The van der Waals surface area contributed by atoms with Crippen LogP contribution in [0.2, 0.25) is 5.02 Å². The van der Waals surface area contributed by atoms with Gasteiger partial charge in [0, 0.05) is 37.4 Å². The molecular formula is C22H27ClN6O. The van der Waals surface area contributed by atoms with Crippen LogP contribution in [0.25, 0.3) is 16.7 Å². The van der Waals surface area contributed by atoms with E-state index in [0.29, 0.717) is 17.8 Å². The van der Waals surface area contributed by atoms with Crippen LogP contribution in [0, 0.1) is 12.8 Å². The molecule has 0 aromatic carbocycles. The lowest BCUT2D eigenvalue weighted by atomic mass is 9.98. The maximum Gasteiger partial charge on any atom is 0.145 e. The topological polar surface area (TPSA) is 94.3 Å². The first-order valence-electron chi connectivity index (χ1n) is 10.2. The molecule has 2 unspecified atom stereocenters. The predicted octanol–water partition coefficient (Wildman–Crippen LogP) is 4.21. The van der Waals surface area contributed by atoms with Crippen molar-refractivity contribution in [3.63, 3.8) is 0 Å². The summed E-state index contributed by atoms with van der Waals surface area (Å²) in [5, 5.41) is 8.77. The van der Waals surface area contributed by atoms with Crippen molar-refractivity contribution in [1.82, 2.24) is 23.9 Å². The number of aryl methyl sites for hydroxylation is 2. The Balaban J connectivity index is 0.00000106. The van der Waals surface area contributed by atoms with Gasteiger partial charge in [0.05, 0.1) is 10.4 Å². The number of imidazole rings is 1. The van der Waals surface area contributed by atoms with Gasteiger partial charge in [0.2, 0.25) is 0 Å². The van der Waals surface area contributed by atoms with E-state index >= 15 is 0 Å². The first-order chi connectivity index (χ1) is 14.6. The Morgan fingerprint density at radius 2 is 2.07 bits per heavy atom. The summed E-state index contributed by atoms with van der Waals surface area (Å²) in [6.45, 7) is 2.04. The zero-order valence-electron chi connectivity index (χ0n) is 17.3. The van der Waals surface area contributed by atoms with E-state index in [1.54, 1.807) is 6.33 Å². The molecule has 1 fully saturated rings. The number of nitrogen functional groups attached to an aromatic ring is 1. The van der Waals surface area contributed by atoms with Gasteiger partial charge in [-0.1, -0.05) is 11.6 Å². The van der Waals surface area contributed by atoms with Crippen LogP contribution in [0.4, 0.5) is 5.82 Å². The minimum Gasteiger partial charge on any atom is -0.400 e. The van der Waals surface area contributed by atoms with Gasteiger partial charge in [0.15, 0.2) is 0 Å². The maximum atomic E-state index is 7.00. The Hall–Kier alpha value is -2.64. The number of pyridine rings is 1. The van der Waals surface area contributed by atoms with E-state index in [1.807, 2.05) is 29.8 Å². The highest BCUT2D eigenvalue weighted by molar-refractivity contribution is 6.31. The Morgan fingerprint density at radius 1 is 1.23 bits per heavy atom. The van der Waals surface area contributed by atoms with E-state index in [2.05, 4.69) is 31.8 Å². The van der Waals surface area contributed by atoms with Crippen LogP contribution in [-0.2, 0) is 6.42 Å². The first kappa shape index (κ1) is 20.6. The highest BCUT2D eigenvalue weighted by Crippen LogP contribution is 2.39. The van der Waals surface area contributed by atoms with Crippen LogP contribution < -0.4 is 5.73 Å². The summed E-state index contributed by atoms with van der Waals surface area (Å²) in [5.41, 5.74) is 10.2. The molecule has 8 heteroatoms. The number of rotatable bonds is 4. The number of aliphatic hydroxyl groups excluding tert-OH is 1. The van der Waals surface area contributed by atoms with E-state index in [1.165, 1.54) is 18.4 Å². The summed E-state index contributed by atoms with van der Waals surface area (Å²) < 4.78 is 4.32. The van der Waals surface area contributed by atoms with Crippen LogP contribution in [0.5, 0.6) is 0 Å². The molecule has 1 saturated carbocycles. The molecule has 0 bridgehead atoms. The van der Waals surface area contributed by atoms with Crippen molar-refractivity contribution in [3.8, 4) is 0 Å². The summed E-state index contributed by atoms with van der Waals surface area (Å²) >= 11 is 6.53. The predicted molar refractivity (Wildman–Crippen MR) is 120 cm³/mol. The van der Waals surface area contributed by atoms with Gasteiger partial charge in [-0.25, -0.2) is 15.0 Å². The monoisotopic (exact) mass is 426 g/mol. The van der Waals surface area contributed by atoms with Gasteiger partial charge in [0.1, 0.15) is 23.4 Å². The highest BCUT2D eigenvalue weighted by atomic mass is 35.5. The van der Waals surface area contributed by atoms with Crippen molar-refractivity contribution in [2.45, 2.75) is 45.1 Å². The number of nitrogens with zero attached hydrogens (tertiary/aromatic N) is 5. The van der Waals surface area contributed by atoms with Gasteiger partial charge in [0.25, 0.3) is 0 Å².